The molecule has 0 aliphatic heterocycles. The molecule has 1 aromatic carbocycles. The maximum Gasteiger partial charge on any atom is 0.162 e. The molecule has 1 heterocycles. The number of ether oxygens (including phenoxy) is 1. The molecular formula is C14H14Cl2N2O2. The highest BCUT2D eigenvalue weighted by Gasteiger charge is 2.11. The number of aromatic nitrogens is 1. The van der Waals surface area contributed by atoms with Gasteiger partial charge in [0.2, 0.25) is 0 Å². The zero-order valence-electron chi connectivity index (χ0n) is 11.1. The molecule has 0 radical (unpaired) electrons. The number of anilines is 1. The topological polar surface area (TPSA) is 54.4 Å². The number of benzene rings is 1. The lowest BCUT2D eigenvalue weighted by atomic mass is 10.1. The highest BCUT2D eigenvalue weighted by Crippen LogP contribution is 2.34. The summed E-state index contributed by atoms with van der Waals surface area (Å²) in [6.07, 6.45) is 1.64. The van der Waals surface area contributed by atoms with Crippen molar-refractivity contribution in [2.24, 2.45) is 0 Å². The van der Waals surface area contributed by atoms with Crippen LogP contribution in [0, 0.1) is 6.92 Å². The molecule has 0 aliphatic carbocycles. The molecule has 2 rings (SSSR count). The summed E-state index contributed by atoms with van der Waals surface area (Å²) in [5.41, 5.74) is 2.32. The van der Waals surface area contributed by atoms with E-state index in [4.69, 9.17) is 27.9 Å². The summed E-state index contributed by atoms with van der Waals surface area (Å²) in [5.74, 6) is 0.394. The number of rotatable bonds is 4. The predicted octanol–water partition coefficient (Wildman–Crippen LogP) is 4.02. The fourth-order valence-electron chi connectivity index (χ4n) is 1.84. The van der Waals surface area contributed by atoms with Crippen molar-refractivity contribution in [2.45, 2.75) is 13.5 Å². The minimum Gasteiger partial charge on any atom is -0.504 e. The van der Waals surface area contributed by atoms with Crippen LogP contribution in [0.4, 0.5) is 5.69 Å². The second-order valence-electron chi connectivity index (χ2n) is 4.26. The van der Waals surface area contributed by atoms with Crippen LogP contribution >= 0.6 is 23.2 Å². The number of hydrogen-bond donors (Lipinski definition) is 2. The minimum atomic E-state index is 0.0575. The number of aryl methyl sites for hydroxylation is 1. The van der Waals surface area contributed by atoms with Crippen molar-refractivity contribution in [2.75, 3.05) is 12.4 Å². The van der Waals surface area contributed by atoms with Gasteiger partial charge in [-0.1, -0.05) is 23.2 Å². The summed E-state index contributed by atoms with van der Waals surface area (Å²) in [4.78, 5) is 4.02. The number of pyridine rings is 1. The summed E-state index contributed by atoms with van der Waals surface area (Å²) in [6, 6.07) is 5.08. The van der Waals surface area contributed by atoms with E-state index in [9.17, 15) is 5.11 Å². The van der Waals surface area contributed by atoms with Gasteiger partial charge in [0, 0.05) is 29.4 Å². The maximum absolute atomic E-state index is 10.1. The minimum absolute atomic E-state index is 0.0575. The molecule has 0 atom stereocenters. The molecule has 0 spiro atoms. The Morgan fingerprint density at radius 1 is 1.35 bits per heavy atom. The molecular weight excluding hydrogens is 299 g/mol. The molecule has 6 heteroatoms. The van der Waals surface area contributed by atoms with E-state index in [0.29, 0.717) is 28.0 Å². The highest BCUT2D eigenvalue weighted by molar-refractivity contribution is 6.32. The lowest BCUT2D eigenvalue weighted by molar-refractivity contribution is 0.371. The number of phenols is 1. The van der Waals surface area contributed by atoms with E-state index in [0.717, 1.165) is 11.3 Å². The summed E-state index contributed by atoms with van der Waals surface area (Å²) < 4.78 is 5.07. The Labute approximate surface area is 127 Å². The first-order valence-electron chi connectivity index (χ1n) is 5.93. The van der Waals surface area contributed by atoms with Gasteiger partial charge in [0.25, 0.3) is 0 Å². The van der Waals surface area contributed by atoms with E-state index in [-0.39, 0.29) is 5.75 Å². The van der Waals surface area contributed by atoms with Crippen molar-refractivity contribution in [1.29, 1.82) is 0 Å². The number of hydrogen-bond acceptors (Lipinski definition) is 4. The van der Waals surface area contributed by atoms with E-state index in [2.05, 4.69) is 10.3 Å². The van der Waals surface area contributed by atoms with E-state index in [1.165, 1.54) is 7.11 Å². The van der Waals surface area contributed by atoms with Gasteiger partial charge in [0.05, 0.1) is 12.8 Å². The van der Waals surface area contributed by atoms with Crippen molar-refractivity contribution in [1.82, 2.24) is 4.98 Å². The molecule has 0 saturated carbocycles. The van der Waals surface area contributed by atoms with Gasteiger partial charge >= 0.3 is 0 Å². The van der Waals surface area contributed by atoms with Crippen molar-refractivity contribution in [3.05, 3.63) is 45.7 Å². The van der Waals surface area contributed by atoms with Crippen LogP contribution in [0.15, 0.2) is 24.4 Å². The average molecular weight is 313 g/mol. The first kappa shape index (κ1) is 14.8. The fraction of sp³-hybridized carbons (Fsp3) is 0.214. The first-order valence-corrected chi connectivity index (χ1v) is 6.69. The molecule has 20 heavy (non-hydrogen) atoms. The molecule has 2 aromatic rings. The lowest BCUT2D eigenvalue weighted by Gasteiger charge is -2.13. The third-order valence-corrected chi connectivity index (χ3v) is 3.41. The molecule has 4 nitrogen and oxygen atoms in total. The Kier molecular flexibility index (Phi) is 4.57. The lowest BCUT2D eigenvalue weighted by Crippen LogP contribution is -2.03. The Bertz CT molecular complexity index is 613. The average Bonchev–Trinajstić information content (AvgIpc) is 2.41. The number of aromatic hydroxyl groups is 1. The molecule has 0 fully saturated rings. The quantitative estimate of drug-likeness (QED) is 0.837. The van der Waals surface area contributed by atoms with Crippen molar-refractivity contribution in [3.8, 4) is 11.5 Å². The highest BCUT2D eigenvalue weighted by atomic mass is 35.5. The van der Waals surface area contributed by atoms with Crippen molar-refractivity contribution in [3.63, 3.8) is 0 Å². The molecule has 0 bridgehead atoms. The van der Waals surface area contributed by atoms with Crippen LogP contribution in [-0.2, 0) is 6.54 Å². The monoisotopic (exact) mass is 312 g/mol. The van der Waals surface area contributed by atoms with Crippen LogP contribution in [0.3, 0.4) is 0 Å². The smallest absolute Gasteiger partial charge is 0.162 e. The second-order valence-corrected chi connectivity index (χ2v) is 5.06. The molecule has 1 aromatic heterocycles. The molecule has 2 N–H and O–H groups in total. The van der Waals surface area contributed by atoms with Gasteiger partial charge in [-0.2, -0.15) is 0 Å². The van der Waals surface area contributed by atoms with E-state index in [1.807, 2.05) is 13.0 Å². The van der Waals surface area contributed by atoms with Gasteiger partial charge in [-0.25, -0.2) is 4.98 Å². The normalized spacial score (nSPS) is 10.4. The maximum atomic E-state index is 10.1. The first-order chi connectivity index (χ1) is 9.52. The summed E-state index contributed by atoms with van der Waals surface area (Å²) in [7, 11) is 1.48. The zero-order valence-corrected chi connectivity index (χ0v) is 12.6. The van der Waals surface area contributed by atoms with Crippen LogP contribution in [0.5, 0.6) is 11.5 Å². The van der Waals surface area contributed by atoms with Crippen LogP contribution in [-0.4, -0.2) is 17.2 Å². The number of methoxy groups -OCH3 is 1. The fourth-order valence-corrected chi connectivity index (χ4v) is 2.34. The third-order valence-electron chi connectivity index (χ3n) is 2.91. The Morgan fingerprint density at radius 2 is 2.10 bits per heavy atom. The summed E-state index contributed by atoms with van der Waals surface area (Å²) in [6.45, 7) is 2.28. The Morgan fingerprint density at radius 3 is 2.75 bits per heavy atom. The molecule has 0 unspecified atom stereocenters. The van der Waals surface area contributed by atoms with Gasteiger partial charge < -0.3 is 15.2 Å². The Balaban J connectivity index is 2.25. The molecule has 106 valence electrons. The molecule has 0 amide bonds. The SMILES string of the molecule is COc1cc(Cl)cc(CNc2c(C)ccnc2Cl)c1O. The zero-order chi connectivity index (χ0) is 14.7. The number of phenolic OH excluding ortho intramolecular Hbond substituents is 1. The summed E-state index contributed by atoms with van der Waals surface area (Å²) >= 11 is 12.0. The van der Waals surface area contributed by atoms with Crippen molar-refractivity contribution >= 4 is 28.9 Å². The van der Waals surface area contributed by atoms with Crippen LogP contribution in [0.25, 0.3) is 0 Å². The van der Waals surface area contributed by atoms with Gasteiger partial charge in [-0.05, 0) is 24.6 Å². The largest absolute Gasteiger partial charge is 0.504 e. The van der Waals surface area contributed by atoms with Gasteiger partial charge in [-0.3, -0.25) is 0 Å². The van der Waals surface area contributed by atoms with Crippen molar-refractivity contribution < 1.29 is 9.84 Å². The summed E-state index contributed by atoms with van der Waals surface area (Å²) in [5, 5.41) is 14.1. The van der Waals surface area contributed by atoms with Gasteiger partial charge in [0.1, 0.15) is 0 Å². The predicted molar refractivity (Wildman–Crippen MR) is 81.0 cm³/mol. The van der Waals surface area contributed by atoms with Crippen LogP contribution in [0.2, 0.25) is 10.2 Å². The van der Waals surface area contributed by atoms with E-state index >= 15 is 0 Å². The van der Waals surface area contributed by atoms with E-state index in [1.54, 1.807) is 18.3 Å². The molecule has 0 saturated heterocycles. The molecule has 0 aliphatic rings. The second kappa shape index (κ2) is 6.20. The number of halogens is 2. The van der Waals surface area contributed by atoms with Gasteiger partial charge in [0.15, 0.2) is 16.7 Å². The standard InChI is InChI=1S/C14H14Cl2N2O2/c1-8-3-4-17-14(16)12(8)18-7-9-5-10(15)6-11(20-2)13(9)19/h3-6,18-19H,7H2,1-2H3. The Hall–Kier alpha value is -1.65. The van der Waals surface area contributed by atoms with Crippen LogP contribution in [0.1, 0.15) is 11.1 Å². The number of nitrogens with zero attached hydrogens (tertiary/aromatic N) is 1. The number of nitrogens with one attached hydrogen (secondary N) is 1. The van der Waals surface area contributed by atoms with Crippen LogP contribution < -0.4 is 10.1 Å². The third kappa shape index (κ3) is 3.08. The van der Waals surface area contributed by atoms with Gasteiger partial charge in [-0.15, -0.1) is 0 Å². The van der Waals surface area contributed by atoms with E-state index < -0.39 is 0 Å².